The van der Waals surface area contributed by atoms with Crippen LogP contribution in [0, 0.1) is 0 Å². The van der Waals surface area contributed by atoms with Crippen molar-refractivity contribution in [2.75, 3.05) is 13.1 Å². The van der Waals surface area contributed by atoms with Crippen LogP contribution in [0.2, 0.25) is 0 Å². The SMILES string of the molecule is C=CC=CNCCCCNC=CC=C. The minimum absolute atomic E-state index is 1.01. The van der Waals surface area contributed by atoms with Gasteiger partial charge in [0.05, 0.1) is 0 Å². The van der Waals surface area contributed by atoms with Crippen molar-refractivity contribution >= 4 is 0 Å². The van der Waals surface area contributed by atoms with Crippen LogP contribution in [0.1, 0.15) is 12.8 Å². The summed E-state index contributed by atoms with van der Waals surface area (Å²) in [5.74, 6) is 0. The molecule has 2 nitrogen and oxygen atoms in total. The van der Waals surface area contributed by atoms with E-state index in [1.54, 1.807) is 12.2 Å². The molecule has 0 aromatic carbocycles. The summed E-state index contributed by atoms with van der Waals surface area (Å²) in [7, 11) is 0. The largest absolute Gasteiger partial charge is 0.391 e. The van der Waals surface area contributed by atoms with Crippen LogP contribution in [0.15, 0.2) is 49.9 Å². The molecule has 2 heteroatoms. The Morgan fingerprint density at radius 1 is 0.786 bits per heavy atom. The van der Waals surface area contributed by atoms with Crippen LogP contribution in [0.3, 0.4) is 0 Å². The van der Waals surface area contributed by atoms with Gasteiger partial charge in [0, 0.05) is 13.1 Å². The van der Waals surface area contributed by atoms with Gasteiger partial charge in [0.25, 0.3) is 0 Å². The Labute approximate surface area is 87.1 Å². The predicted molar refractivity (Wildman–Crippen MR) is 63.9 cm³/mol. The Bertz CT molecular complexity index is 170. The van der Waals surface area contributed by atoms with Gasteiger partial charge < -0.3 is 10.6 Å². The number of allylic oxidation sites excluding steroid dienone is 4. The summed E-state index contributed by atoms with van der Waals surface area (Å²) in [6, 6.07) is 0. The number of unbranched alkanes of at least 4 members (excludes halogenated alkanes) is 1. The van der Waals surface area contributed by atoms with E-state index in [2.05, 4.69) is 23.8 Å². The van der Waals surface area contributed by atoms with Gasteiger partial charge in [0.15, 0.2) is 0 Å². The van der Waals surface area contributed by atoms with E-state index >= 15 is 0 Å². The average molecular weight is 192 g/mol. The van der Waals surface area contributed by atoms with Gasteiger partial charge in [0.2, 0.25) is 0 Å². The third kappa shape index (κ3) is 10.6. The Kier molecular flexibility index (Phi) is 10.4. The van der Waals surface area contributed by atoms with Crippen molar-refractivity contribution in [3.05, 3.63) is 49.9 Å². The number of nitrogens with one attached hydrogen (secondary N) is 2. The van der Waals surface area contributed by atoms with Gasteiger partial charge in [-0.1, -0.05) is 25.3 Å². The van der Waals surface area contributed by atoms with Gasteiger partial charge in [-0.05, 0) is 37.4 Å². The van der Waals surface area contributed by atoms with E-state index in [4.69, 9.17) is 0 Å². The molecule has 0 aliphatic heterocycles. The molecule has 0 aliphatic carbocycles. The Balaban J connectivity index is 3.06. The highest BCUT2D eigenvalue weighted by atomic mass is 14.8. The van der Waals surface area contributed by atoms with Crippen LogP contribution in [-0.2, 0) is 0 Å². The first-order valence-corrected chi connectivity index (χ1v) is 4.93. The maximum absolute atomic E-state index is 3.58. The van der Waals surface area contributed by atoms with Crippen molar-refractivity contribution in [2.24, 2.45) is 0 Å². The second-order valence-corrected chi connectivity index (χ2v) is 2.80. The molecule has 0 unspecified atom stereocenters. The van der Waals surface area contributed by atoms with Crippen LogP contribution >= 0.6 is 0 Å². The van der Waals surface area contributed by atoms with Crippen molar-refractivity contribution in [1.29, 1.82) is 0 Å². The quantitative estimate of drug-likeness (QED) is 0.433. The molecule has 0 aromatic rings. The van der Waals surface area contributed by atoms with Crippen LogP contribution in [0.25, 0.3) is 0 Å². The Morgan fingerprint density at radius 2 is 1.21 bits per heavy atom. The highest BCUT2D eigenvalue weighted by Crippen LogP contribution is 1.84. The molecule has 0 atom stereocenters. The molecule has 0 spiro atoms. The second kappa shape index (κ2) is 11.6. The molecule has 2 N–H and O–H groups in total. The van der Waals surface area contributed by atoms with Crippen molar-refractivity contribution in [3.63, 3.8) is 0 Å². The molecule has 0 heterocycles. The smallest absolute Gasteiger partial charge is 0.0142 e. The van der Waals surface area contributed by atoms with Gasteiger partial charge in [-0.2, -0.15) is 0 Å². The Morgan fingerprint density at radius 3 is 1.57 bits per heavy atom. The average Bonchev–Trinajstić information content (AvgIpc) is 2.21. The summed E-state index contributed by atoms with van der Waals surface area (Å²) in [6.07, 6.45) is 13.5. The zero-order valence-electron chi connectivity index (χ0n) is 8.71. The van der Waals surface area contributed by atoms with E-state index in [0.29, 0.717) is 0 Å². The molecule has 14 heavy (non-hydrogen) atoms. The van der Waals surface area contributed by atoms with Crippen LogP contribution in [0.5, 0.6) is 0 Å². The lowest BCUT2D eigenvalue weighted by Crippen LogP contribution is -2.11. The third-order valence-corrected chi connectivity index (χ3v) is 1.59. The van der Waals surface area contributed by atoms with Crippen LogP contribution in [-0.4, -0.2) is 13.1 Å². The van der Waals surface area contributed by atoms with E-state index in [0.717, 1.165) is 25.9 Å². The van der Waals surface area contributed by atoms with Crippen LogP contribution in [0.4, 0.5) is 0 Å². The number of hydrogen-bond donors (Lipinski definition) is 2. The molecule has 0 rings (SSSR count). The monoisotopic (exact) mass is 192 g/mol. The van der Waals surface area contributed by atoms with Crippen molar-refractivity contribution in [2.45, 2.75) is 12.8 Å². The van der Waals surface area contributed by atoms with Crippen molar-refractivity contribution in [3.8, 4) is 0 Å². The molecule has 0 aromatic heterocycles. The van der Waals surface area contributed by atoms with E-state index in [-0.39, 0.29) is 0 Å². The molecule has 0 saturated heterocycles. The van der Waals surface area contributed by atoms with Crippen molar-refractivity contribution < 1.29 is 0 Å². The lowest BCUT2D eigenvalue weighted by molar-refractivity contribution is 0.669. The molecule has 0 amide bonds. The lowest BCUT2D eigenvalue weighted by atomic mass is 10.3. The molecule has 0 bridgehead atoms. The van der Waals surface area contributed by atoms with Gasteiger partial charge in [-0.25, -0.2) is 0 Å². The summed E-state index contributed by atoms with van der Waals surface area (Å²) in [5.41, 5.74) is 0. The fourth-order valence-corrected chi connectivity index (χ4v) is 0.893. The fourth-order valence-electron chi connectivity index (χ4n) is 0.893. The lowest BCUT2D eigenvalue weighted by Gasteiger charge is -2.01. The summed E-state index contributed by atoms with van der Waals surface area (Å²) >= 11 is 0. The first-order valence-electron chi connectivity index (χ1n) is 4.93. The third-order valence-electron chi connectivity index (χ3n) is 1.59. The molecule has 0 fully saturated rings. The van der Waals surface area contributed by atoms with Gasteiger partial charge >= 0.3 is 0 Å². The van der Waals surface area contributed by atoms with Gasteiger partial charge in [0.1, 0.15) is 0 Å². The summed E-state index contributed by atoms with van der Waals surface area (Å²) < 4.78 is 0. The molecule has 0 radical (unpaired) electrons. The van der Waals surface area contributed by atoms with Crippen molar-refractivity contribution in [1.82, 2.24) is 10.6 Å². The summed E-state index contributed by atoms with van der Waals surface area (Å²) in [6.45, 7) is 9.19. The zero-order valence-corrected chi connectivity index (χ0v) is 8.71. The minimum atomic E-state index is 1.01. The number of rotatable bonds is 9. The maximum atomic E-state index is 3.58. The summed E-state index contributed by atoms with van der Waals surface area (Å²) in [4.78, 5) is 0. The van der Waals surface area contributed by atoms with E-state index in [1.165, 1.54) is 0 Å². The minimum Gasteiger partial charge on any atom is -0.391 e. The molecular formula is C12H20N2. The molecular weight excluding hydrogens is 172 g/mol. The van der Waals surface area contributed by atoms with Crippen LogP contribution < -0.4 is 10.6 Å². The predicted octanol–water partition coefficient (Wildman–Crippen LogP) is 2.35. The van der Waals surface area contributed by atoms with E-state index in [9.17, 15) is 0 Å². The van der Waals surface area contributed by atoms with Gasteiger partial charge in [-0.15, -0.1) is 0 Å². The molecule has 0 saturated carbocycles. The maximum Gasteiger partial charge on any atom is 0.0142 e. The zero-order chi connectivity index (χ0) is 10.5. The normalized spacial score (nSPS) is 10.6. The van der Waals surface area contributed by atoms with E-state index < -0.39 is 0 Å². The highest BCUT2D eigenvalue weighted by molar-refractivity contribution is 4.96. The summed E-state index contributed by atoms with van der Waals surface area (Å²) in [5, 5.41) is 6.35. The fraction of sp³-hybridized carbons (Fsp3) is 0.333. The molecule has 78 valence electrons. The van der Waals surface area contributed by atoms with E-state index in [1.807, 2.05) is 24.6 Å². The first-order chi connectivity index (χ1) is 6.91. The standard InChI is InChI=1S/C12H20N2/c1-3-5-9-13-11-7-8-12-14-10-6-4-2/h3-6,9-10,13-14H,1-2,7-8,11-12H2. The first kappa shape index (κ1) is 12.6. The Hall–Kier alpha value is -1.44. The second-order valence-electron chi connectivity index (χ2n) is 2.80. The topological polar surface area (TPSA) is 24.1 Å². The highest BCUT2D eigenvalue weighted by Gasteiger charge is 1.84. The number of hydrogen-bond acceptors (Lipinski definition) is 2. The molecule has 0 aliphatic rings. The van der Waals surface area contributed by atoms with Gasteiger partial charge in [-0.3, -0.25) is 0 Å².